The maximum Gasteiger partial charge on any atom is 0.246 e. The molecular formula is C23H31N3O4S. The summed E-state index contributed by atoms with van der Waals surface area (Å²) in [4.78, 5) is 17.4. The van der Waals surface area contributed by atoms with Crippen molar-refractivity contribution in [2.45, 2.75) is 26.3 Å². The van der Waals surface area contributed by atoms with Crippen molar-refractivity contribution in [2.75, 3.05) is 48.2 Å². The molecule has 1 amide bonds. The van der Waals surface area contributed by atoms with Crippen LogP contribution in [0.4, 0.5) is 11.4 Å². The number of carbonyl (C=O) groups excluding carboxylic acids is 1. The molecule has 1 aliphatic heterocycles. The molecular weight excluding hydrogens is 414 g/mol. The predicted octanol–water partition coefficient (Wildman–Crippen LogP) is 2.98. The van der Waals surface area contributed by atoms with E-state index in [4.69, 9.17) is 4.74 Å². The van der Waals surface area contributed by atoms with Crippen molar-refractivity contribution in [3.8, 4) is 5.75 Å². The minimum atomic E-state index is -3.66. The first-order chi connectivity index (χ1) is 14.8. The molecule has 2 aromatic carbocycles. The lowest BCUT2D eigenvalue weighted by molar-refractivity contribution is -0.132. The van der Waals surface area contributed by atoms with Crippen LogP contribution in [0.15, 0.2) is 54.6 Å². The molecule has 0 unspecified atom stereocenters. The summed E-state index contributed by atoms with van der Waals surface area (Å²) >= 11 is 0. The van der Waals surface area contributed by atoms with Crippen molar-refractivity contribution >= 4 is 27.3 Å². The maximum atomic E-state index is 13.4. The summed E-state index contributed by atoms with van der Waals surface area (Å²) in [5.41, 5.74) is 1.60. The first kappa shape index (κ1) is 22.9. The zero-order chi connectivity index (χ0) is 22.4. The van der Waals surface area contributed by atoms with Gasteiger partial charge in [-0.3, -0.25) is 9.10 Å². The van der Waals surface area contributed by atoms with Crippen LogP contribution in [0.5, 0.6) is 5.75 Å². The molecule has 0 aliphatic carbocycles. The van der Waals surface area contributed by atoms with Gasteiger partial charge in [0.05, 0.1) is 18.6 Å². The van der Waals surface area contributed by atoms with Gasteiger partial charge in [-0.1, -0.05) is 25.1 Å². The molecule has 0 N–H and O–H groups in total. The normalized spacial score (nSPS) is 15.5. The van der Waals surface area contributed by atoms with Crippen molar-refractivity contribution in [3.63, 3.8) is 0 Å². The van der Waals surface area contributed by atoms with Gasteiger partial charge in [-0.05, 0) is 49.7 Å². The van der Waals surface area contributed by atoms with Gasteiger partial charge in [0, 0.05) is 31.9 Å². The van der Waals surface area contributed by atoms with Crippen LogP contribution in [0.2, 0.25) is 0 Å². The summed E-state index contributed by atoms with van der Waals surface area (Å²) in [6.45, 7) is 6.81. The Bertz CT molecular complexity index is 956. The molecule has 0 aromatic heterocycles. The van der Waals surface area contributed by atoms with Crippen LogP contribution in [0, 0.1) is 0 Å². The number of para-hydroxylation sites is 1. The van der Waals surface area contributed by atoms with Crippen LogP contribution >= 0.6 is 0 Å². The Morgan fingerprint density at radius 1 is 1.00 bits per heavy atom. The molecule has 2 aromatic rings. The second-order valence-corrected chi connectivity index (χ2v) is 9.42. The third-order valence-corrected chi connectivity index (χ3v) is 6.61. The van der Waals surface area contributed by atoms with Crippen LogP contribution in [0.3, 0.4) is 0 Å². The fraction of sp³-hybridized carbons (Fsp3) is 0.435. The van der Waals surface area contributed by atoms with Crippen molar-refractivity contribution in [1.29, 1.82) is 0 Å². The average Bonchev–Trinajstić information content (AvgIpc) is 2.78. The number of rotatable bonds is 8. The molecule has 7 nitrogen and oxygen atoms in total. The largest absolute Gasteiger partial charge is 0.494 e. The molecule has 0 saturated carbocycles. The van der Waals surface area contributed by atoms with Crippen molar-refractivity contribution in [2.24, 2.45) is 0 Å². The molecule has 0 radical (unpaired) electrons. The minimum Gasteiger partial charge on any atom is -0.494 e. The van der Waals surface area contributed by atoms with E-state index >= 15 is 0 Å². The van der Waals surface area contributed by atoms with E-state index in [9.17, 15) is 13.2 Å². The van der Waals surface area contributed by atoms with Crippen LogP contribution in [-0.2, 0) is 14.8 Å². The number of benzene rings is 2. The molecule has 1 aliphatic rings. The lowest BCUT2D eigenvalue weighted by atomic mass is 10.1. The van der Waals surface area contributed by atoms with Gasteiger partial charge in [-0.25, -0.2) is 8.42 Å². The molecule has 0 bridgehead atoms. The van der Waals surface area contributed by atoms with E-state index in [1.54, 1.807) is 29.2 Å². The summed E-state index contributed by atoms with van der Waals surface area (Å²) in [6.07, 6.45) is 1.53. The number of hydrogen-bond donors (Lipinski definition) is 0. The third-order valence-electron chi connectivity index (χ3n) is 5.43. The molecule has 1 saturated heterocycles. The standard InChI is InChI=1S/C23H31N3O4S/c1-4-22(26(31(3,28)29)20-11-13-21(14-12-20)30-5-2)23(27)25-17-15-24(16-18-25)19-9-7-6-8-10-19/h6-14,22H,4-5,15-18H2,1-3H3/t22-/m1/s1. The Morgan fingerprint density at radius 3 is 2.13 bits per heavy atom. The zero-order valence-corrected chi connectivity index (χ0v) is 19.2. The van der Waals surface area contributed by atoms with Gasteiger partial charge >= 0.3 is 0 Å². The topological polar surface area (TPSA) is 70.2 Å². The molecule has 1 fully saturated rings. The van der Waals surface area contributed by atoms with Gasteiger partial charge in [0.25, 0.3) is 0 Å². The SMILES string of the molecule is CCOc1ccc(N([C@H](CC)C(=O)N2CCN(c3ccccc3)CC2)S(C)(=O)=O)cc1. The molecule has 0 spiro atoms. The highest BCUT2D eigenvalue weighted by atomic mass is 32.2. The Hall–Kier alpha value is -2.74. The Kier molecular flexibility index (Phi) is 7.43. The molecule has 1 heterocycles. The van der Waals surface area contributed by atoms with E-state index in [0.29, 0.717) is 50.6 Å². The van der Waals surface area contributed by atoms with Gasteiger partial charge in [0.1, 0.15) is 11.8 Å². The molecule has 1 atom stereocenters. The molecule has 8 heteroatoms. The second kappa shape index (κ2) is 10.0. The van der Waals surface area contributed by atoms with E-state index in [1.165, 1.54) is 4.31 Å². The number of carbonyl (C=O) groups is 1. The second-order valence-electron chi connectivity index (χ2n) is 7.56. The number of piperazine rings is 1. The Balaban J connectivity index is 1.77. The van der Waals surface area contributed by atoms with Gasteiger partial charge in [-0.2, -0.15) is 0 Å². The highest BCUT2D eigenvalue weighted by Gasteiger charge is 2.35. The van der Waals surface area contributed by atoms with E-state index in [-0.39, 0.29) is 5.91 Å². The van der Waals surface area contributed by atoms with E-state index < -0.39 is 16.1 Å². The fourth-order valence-electron chi connectivity index (χ4n) is 3.93. The summed E-state index contributed by atoms with van der Waals surface area (Å²) < 4.78 is 32.1. The third kappa shape index (κ3) is 5.50. The lowest BCUT2D eigenvalue weighted by Gasteiger charge is -2.39. The number of amides is 1. The van der Waals surface area contributed by atoms with Crippen LogP contribution in [0.1, 0.15) is 20.3 Å². The van der Waals surface area contributed by atoms with E-state index in [2.05, 4.69) is 17.0 Å². The zero-order valence-electron chi connectivity index (χ0n) is 18.4. The quantitative estimate of drug-likeness (QED) is 0.625. The van der Waals surface area contributed by atoms with Crippen molar-refractivity contribution in [1.82, 2.24) is 4.90 Å². The molecule has 31 heavy (non-hydrogen) atoms. The monoisotopic (exact) mass is 445 g/mol. The Labute approximate surface area is 185 Å². The number of ether oxygens (including phenoxy) is 1. The molecule has 168 valence electrons. The smallest absolute Gasteiger partial charge is 0.246 e. The number of hydrogen-bond acceptors (Lipinski definition) is 5. The average molecular weight is 446 g/mol. The number of anilines is 2. The van der Waals surface area contributed by atoms with Gasteiger partial charge in [0.2, 0.25) is 15.9 Å². The van der Waals surface area contributed by atoms with E-state index in [0.717, 1.165) is 11.9 Å². The van der Waals surface area contributed by atoms with Gasteiger partial charge in [-0.15, -0.1) is 0 Å². The summed E-state index contributed by atoms with van der Waals surface area (Å²) in [5.74, 6) is 0.505. The van der Waals surface area contributed by atoms with Crippen molar-refractivity contribution < 1.29 is 17.9 Å². The first-order valence-corrected chi connectivity index (χ1v) is 12.5. The first-order valence-electron chi connectivity index (χ1n) is 10.7. The highest BCUT2D eigenvalue weighted by Crippen LogP contribution is 2.26. The molecule has 3 rings (SSSR count). The minimum absolute atomic E-state index is 0.158. The van der Waals surface area contributed by atoms with Crippen LogP contribution < -0.4 is 13.9 Å². The van der Waals surface area contributed by atoms with Gasteiger partial charge in [0.15, 0.2) is 0 Å². The number of nitrogens with zero attached hydrogens (tertiary/aromatic N) is 3. The predicted molar refractivity (Wildman–Crippen MR) is 124 cm³/mol. The van der Waals surface area contributed by atoms with Crippen LogP contribution in [-0.4, -0.2) is 64.3 Å². The fourth-order valence-corrected chi connectivity index (χ4v) is 5.14. The maximum absolute atomic E-state index is 13.4. The Morgan fingerprint density at radius 2 is 1.61 bits per heavy atom. The summed E-state index contributed by atoms with van der Waals surface area (Å²) in [5, 5.41) is 0. The van der Waals surface area contributed by atoms with Crippen LogP contribution in [0.25, 0.3) is 0 Å². The lowest BCUT2D eigenvalue weighted by Crippen LogP contribution is -2.56. The summed E-state index contributed by atoms with van der Waals surface area (Å²) in [7, 11) is -3.66. The van der Waals surface area contributed by atoms with Crippen molar-refractivity contribution in [3.05, 3.63) is 54.6 Å². The number of sulfonamides is 1. The highest BCUT2D eigenvalue weighted by molar-refractivity contribution is 7.92. The van der Waals surface area contributed by atoms with Gasteiger partial charge < -0.3 is 14.5 Å². The van der Waals surface area contributed by atoms with E-state index in [1.807, 2.05) is 32.0 Å². The summed E-state index contributed by atoms with van der Waals surface area (Å²) in [6, 6.07) is 16.2.